The minimum atomic E-state index is -0.934. The fourth-order valence-electron chi connectivity index (χ4n) is 2.31. The van der Waals surface area contributed by atoms with Gasteiger partial charge in [0.1, 0.15) is 6.04 Å². The Kier molecular flexibility index (Phi) is 4.64. The van der Waals surface area contributed by atoms with Crippen molar-refractivity contribution in [3.63, 3.8) is 0 Å². The maximum absolute atomic E-state index is 12.0. The lowest BCUT2D eigenvalue weighted by atomic mass is 9.88. The molecule has 0 saturated heterocycles. The highest BCUT2D eigenvalue weighted by molar-refractivity contribution is 5.87. The molecule has 1 aliphatic carbocycles. The molecule has 3 unspecified atom stereocenters. The predicted molar refractivity (Wildman–Crippen MR) is 74.8 cm³/mol. The highest BCUT2D eigenvalue weighted by Crippen LogP contribution is 2.54. The van der Waals surface area contributed by atoms with Crippen molar-refractivity contribution in [2.75, 3.05) is 0 Å². The van der Waals surface area contributed by atoms with E-state index in [1.807, 2.05) is 0 Å². The number of hydrogen-bond donors (Lipinski definition) is 2. The number of carboxylic acids is 1. The van der Waals surface area contributed by atoms with E-state index in [0.29, 0.717) is 6.42 Å². The van der Waals surface area contributed by atoms with Crippen LogP contribution in [0.4, 0.5) is 0 Å². The molecule has 110 valence electrons. The number of hydrogen-bond acceptors (Lipinski definition) is 2. The molecule has 0 spiro atoms. The summed E-state index contributed by atoms with van der Waals surface area (Å²) in [4.78, 5) is 23.3. The summed E-state index contributed by atoms with van der Waals surface area (Å²) in [6.07, 6.45) is 3.10. The first kappa shape index (κ1) is 16.0. The summed E-state index contributed by atoms with van der Waals surface area (Å²) in [5.41, 5.74) is 0.160. The molecule has 1 amide bonds. The number of amides is 1. The second-order valence-electron chi connectivity index (χ2n) is 7.26. The van der Waals surface area contributed by atoms with Crippen molar-refractivity contribution in [1.82, 2.24) is 5.32 Å². The molecule has 0 radical (unpaired) electrons. The largest absolute Gasteiger partial charge is 0.480 e. The van der Waals surface area contributed by atoms with Crippen LogP contribution < -0.4 is 5.32 Å². The van der Waals surface area contributed by atoms with E-state index in [9.17, 15) is 14.7 Å². The van der Waals surface area contributed by atoms with Gasteiger partial charge in [0.25, 0.3) is 0 Å². The average molecular weight is 269 g/mol. The highest BCUT2D eigenvalue weighted by atomic mass is 16.4. The molecule has 0 heterocycles. The van der Waals surface area contributed by atoms with Gasteiger partial charge in [-0.2, -0.15) is 0 Å². The molecule has 0 aromatic rings. The van der Waals surface area contributed by atoms with Crippen LogP contribution in [0, 0.1) is 16.7 Å². The third-order valence-electron chi connectivity index (χ3n) is 4.27. The van der Waals surface area contributed by atoms with Gasteiger partial charge in [-0.15, -0.1) is 0 Å². The molecule has 1 fully saturated rings. The molecule has 2 N–H and O–H groups in total. The van der Waals surface area contributed by atoms with E-state index >= 15 is 0 Å². The molecule has 4 nitrogen and oxygen atoms in total. The Morgan fingerprint density at radius 2 is 2.00 bits per heavy atom. The first-order valence-electron chi connectivity index (χ1n) is 7.12. The summed E-state index contributed by atoms with van der Waals surface area (Å²) in [5.74, 6) is -1.03. The lowest BCUT2D eigenvalue weighted by molar-refractivity contribution is -0.142. The Balaban J connectivity index is 2.51. The van der Waals surface area contributed by atoms with E-state index < -0.39 is 12.0 Å². The van der Waals surface area contributed by atoms with Crippen molar-refractivity contribution in [1.29, 1.82) is 0 Å². The monoisotopic (exact) mass is 269 g/mol. The SMILES string of the molecule is CCC1(C)CC1C(=O)NC(CCC(C)(C)C)C(=O)O. The fourth-order valence-corrected chi connectivity index (χ4v) is 2.31. The van der Waals surface area contributed by atoms with Crippen LogP contribution in [0.5, 0.6) is 0 Å². The molecule has 0 aromatic heterocycles. The molecule has 0 aliphatic heterocycles. The molecule has 0 bridgehead atoms. The van der Waals surface area contributed by atoms with Gasteiger partial charge in [0.2, 0.25) is 5.91 Å². The van der Waals surface area contributed by atoms with Crippen LogP contribution in [0.2, 0.25) is 0 Å². The van der Waals surface area contributed by atoms with Gasteiger partial charge in [-0.05, 0) is 36.5 Å². The lowest BCUT2D eigenvalue weighted by Gasteiger charge is -2.22. The maximum Gasteiger partial charge on any atom is 0.326 e. The molecular formula is C15H27NO3. The van der Waals surface area contributed by atoms with Crippen molar-refractivity contribution >= 4 is 11.9 Å². The Labute approximate surface area is 116 Å². The van der Waals surface area contributed by atoms with E-state index in [4.69, 9.17) is 0 Å². The lowest BCUT2D eigenvalue weighted by Crippen LogP contribution is -2.42. The Hall–Kier alpha value is -1.06. The Morgan fingerprint density at radius 3 is 2.37 bits per heavy atom. The molecule has 3 atom stereocenters. The van der Waals surface area contributed by atoms with Crippen LogP contribution in [0.1, 0.15) is 60.3 Å². The topological polar surface area (TPSA) is 66.4 Å². The van der Waals surface area contributed by atoms with Crippen LogP contribution in [0.25, 0.3) is 0 Å². The zero-order valence-corrected chi connectivity index (χ0v) is 12.7. The standard InChI is InChI=1S/C15H27NO3/c1-6-15(5)9-10(15)12(17)16-11(13(18)19)7-8-14(2,3)4/h10-11H,6-9H2,1-5H3,(H,16,17)(H,18,19). The minimum absolute atomic E-state index is 0.00557. The Bertz CT molecular complexity index is 359. The summed E-state index contributed by atoms with van der Waals surface area (Å²) in [5, 5.41) is 11.9. The van der Waals surface area contributed by atoms with Gasteiger partial charge in [0, 0.05) is 5.92 Å². The third kappa shape index (κ3) is 4.51. The van der Waals surface area contributed by atoms with E-state index in [-0.39, 0.29) is 22.7 Å². The van der Waals surface area contributed by atoms with Gasteiger partial charge in [-0.25, -0.2) is 4.79 Å². The van der Waals surface area contributed by atoms with Gasteiger partial charge in [-0.3, -0.25) is 4.79 Å². The molecular weight excluding hydrogens is 242 g/mol. The third-order valence-corrected chi connectivity index (χ3v) is 4.27. The summed E-state index contributed by atoms with van der Waals surface area (Å²) < 4.78 is 0. The normalized spacial score (nSPS) is 27.7. The summed E-state index contributed by atoms with van der Waals surface area (Å²) in [6.45, 7) is 10.4. The zero-order chi connectivity index (χ0) is 14.8. The molecule has 1 rings (SSSR count). The van der Waals surface area contributed by atoms with Crippen LogP contribution >= 0.6 is 0 Å². The fraction of sp³-hybridized carbons (Fsp3) is 0.867. The van der Waals surface area contributed by atoms with Gasteiger partial charge in [0.05, 0.1) is 0 Å². The van der Waals surface area contributed by atoms with Crippen LogP contribution in [0.3, 0.4) is 0 Å². The number of carbonyl (C=O) groups is 2. The smallest absolute Gasteiger partial charge is 0.326 e. The summed E-state index contributed by atoms with van der Waals surface area (Å²) in [7, 11) is 0. The Morgan fingerprint density at radius 1 is 1.42 bits per heavy atom. The van der Waals surface area contributed by atoms with Gasteiger partial charge in [0.15, 0.2) is 0 Å². The molecule has 4 heteroatoms. The molecule has 0 aromatic carbocycles. The van der Waals surface area contributed by atoms with E-state index in [2.05, 4.69) is 39.9 Å². The van der Waals surface area contributed by atoms with Crippen molar-refractivity contribution in [3.8, 4) is 0 Å². The number of nitrogens with one attached hydrogen (secondary N) is 1. The van der Waals surface area contributed by atoms with Crippen LogP contribution in [0.15, 0.2) is 0 Å². The molecule has 1 saturated carbocycles. The van der Waals surface area contributed by atoms with Crippen molar-refractivity contribution < 1.29 is 14.7 Å². The zero-order valence-electron chi connectivity index (χ0n) is 12.7. The van der Waals surface area contributed by atoms with Gasteiger partial charge < -0.3 is 10.4 Å². The second kappa shape index (κ2) is 5.51. The average Bonchev–Trinajstić information content (AvgIpc) is 2.96. The van der Waals surface area contributed by atoms with E-state index in [1.165, 1.54) is 0 Å². The highest BCUT2D eigenvalue weighted by Gasteiger charge is 2.53. The van der Waals surface area contributed by atoms with Crippen LogP contribution in [-0.2, 0) is 9.59 Å². The van der Waals surface area contributed by atoms with Crippen LogP contribution in [-0.4, -0.2) is 23.0 Å². The van der Waals surface area contributed by atoms with E-state index in [1.54, 1.807) is 0 Å². The predicted octanol–water partition coefficient (Wildman–Crippen LogP) is 2.82. The molecule has 1 aliphatic rings. The minimum Gasteiger partial charge on any atom is -0.480 e. The van der Waals surface area contributed by atoms with Crippen molar-refractivity contribution in [2.24, 2.45) is 16.7 Å². The van der Waals surface area contributed by atoms with E-state index in [0.717, 1.165) is 19.3 Å². The first-order valence-corrected chi connectivity index (χ1v) is 7.12. The summed E-state index contributed by atoms with van der Waals surface area (Å²) >= 11 is 0. The second-order valence-corrected chi connectivity index (χ2v) is 7.26. The number of rotatable bonds is 6. The van der Waals surface area contributed by atoms with Gasteiger partial charge >= 0.3 is 5.97 Å². The number of aliphatic carboxylic acids is 1. The van der Waals surface area contributed by atoms with Crippen molar-refractivity contribution in [3.05, 3.63) is 0 Å². The number of carbonyl (C=O) groups excluding carboxylic acids is 1. The van der Waals surface area contributed by atoms with Gasteiger partial charge in [-0.1, -0.05) is 34.6 Å². The quantitative estimate of drug-likeness (QED) is 0.779. The molecule has 19 heavy (non-hydrogen) atoms. The summed E-state index contributed by atoms with van der Waals surface area (Å²) in [6, 6.07) is -0.756. The number of carboxylic acid groups (broad SMARTS) is 1. The van der Waals surface area contributed by atoms with Crippen molar-refractivity contribution in [2.45, 2.75) is 66.3 Å². The maximum atomic E-state index is 12.0. The first-order chi connectivity index (χ1) is 8.59.